The smallest absolute Gasteiger partial charge is 0.0675 e. The Morgan fingerprint density at radius 1 is 1.50 bits per heavy atom. The minimum atomic E-state index is -0.561. The maximum Gasteiger partial charge on any atom is 0.0675 e. The van der Waals surface area contributed by atoms with Crippen molar-refractivity contribution in [3.05, 3.63) is 12.2 Å². The molecular weight excluding hydrogens is 152 g/mol. The minimum Gasteiger partial charge on any atom is -0.395 e. The van der Waals surface area contributed by atoms with Gasteiger partial charge in [-0.05, 0) is 12.8 Å². The number of aliphatic hydroxyl groups is 2. The van der Waals surface area contributed by atoms with Gasteiger partial charge in [0.1, 0.15) is 0 Å². The van der Waals surface area contributed by atoms with Gasteiger partial charge in [0.15, 0.2) is 0 Å². The molecule has 0 aliphatic carbocycles. The monoisotopic (exact) mass is 172 g/mol. The largest absolute Gasteiger partial charge is 0.395 e. The zero-order valence-corrected chi connectivity index (χ0v) is 8.46. The van der Waals surface area contributed by atoms with Crippen molar-refractivity contribution >= 4 is 0 Å². The fraction of sp³-hybridized carbons (Fsp3) is 0.800. The van der Waals surface area contributed by atoms with Crippen LogP contribution in [0.15, 0.2) is 12.2 Å². The van der Waals surface area contributed by atoms with E-state index in [1.54, 1.807) is 0 Å². The summed E-state index contributed by atoms with van der Waals surface area (Å²) in [6.07, 6.45) is -0.528. The van der Waals surface area contributed by atoms with Gasteiger partial charge in [-0.25, -0.2) is 0 Å². The molecule has 0 rings (SSSR count). The van der Waals surface area contributed by atoms with Crippen LogP contribution in [0.2, 0.25) is 0 Å². The Labute approximate surface area is 74.9 Å². The summed E-state index contributed by atoms with van der Waals surface area (Å²) in [5, 5.41) is 18.9. The summed E-state index contributed by atoms with van der Waals surface area (Å²) in [4.78, 5) is 0. The molecule has 0 aliphatic heterocycles. The average molecular weight is 172 g/mol. The van der Waals surface area contributed by atoms with Gasteiger partial charge in [-0.1, -0.05) is 32.9 Å². The molecule has 0 bridgehead atoms. The van der Waals surface area contributed by atoms with Crippen LogP contribution in [0.5, 0.6) is 0 Å². The first-order chi connectivity index (χ1) is 5.36. The van der Waals surface area contributed by atoms with Crippen molar-refractivity contribution in [3.8, 4) is 0 Å². The summed E-state index contributed by atoms with van der Waals surface area (Å²) in [6.45, 7) is 11.3. The van der Waals surface area contributed by atoms with E-state index in [0.717, 1.165) is 5.57 Å². The topological polar surface area (TPSA) is 40.5 Å². The van der Waals surface area contributed by atoms with E-state index in [2.05, 4.69) is 6.58 Å². The molecule has 0 saturated carbocycles. The third-order valence-corrected chi connectivity index (χ3v) is 2.59. The zero-order valence-electron chi connectivity index (χ0n) is 8.46. The molecule has 12 heavy (non-hydrogen) atoms. The summed E-state index contributed by atoms with van der Waals surface area (Å²) in [5.74, 6) is 0.138. The van der Waals surface area contributed by atoms with E-state index in [1.807, 2.05) is 27.7 Å². The Hall–Kier alpha value is -0.340. The average Bonchev–Trinajstić information content (AvgIpc) is 2.01. The van der Waals surface area contributed by atoms with Crippen molar-refractivity contribution in [2.45, 2.75) is 33.8 Å². The fourth-order valence-electron chi connectivity index (χ4n) is 1.22. The fourth-order valence-corrected chi connectivity index (χ4v) is 1.22. The highest BCUT2D eigenvalue weighted by Gasteiger charge is 2.34. The molecule has 0 aromatic heterocycles. The van der Waals surface area contributed by atoms with Gasteiger partial charge in [-0.3, -0.25) is 0 Å². The van der Waals surface area contributed by atoms with E-state index in [1.165, 1.54) is 0 Å². The first-order valence-electron chi connectivity index (χ1n) is 4.31. The standard InChI is InChI=1S/C10H20O2/c1-7(2)9(12)10(5,6-11)8(3)4/h7,9,11-12H,3,6H2,1-2,4-5H3/t9-,10-/m1/s1. The molecule has 0 saturated heterocycles. The van der Waals surface area contributed by atoms with Crippen molar-refractivity contribution in [2.24, 2.45) is 11.3 Å². The predicted molar refractivity (Wildman–Crippen MR) is 50.9 cm³/mol. The van der Waals surface area contributed by atoms with Gasteiger partial charge in [0.05, 0.1) is 12.7 Å². The number of hydrogen-bond acceptors (Lipinski definition) is 2. The van der Waals surface area contributed by atoms with Crippen molar-refractivity contribution in [3.63, 3.8) is 0 Å². The second-order valence-electron chi connectivity index (χ2n) is 4.04. The Morgan fingerprint density at radius 2 is 1.92 bits per heavy atom. The van der Waals surface area contributed by atoms with Gasteiger partial charge in [-0.2, -0.15) is 0 Å². The van der Waals surface area contributed by atoms with E-state index in [-0.39, 0.29) is 12.5 Å². The molecule has 0 unspecified atom stereocenters. The summed E-state index contributed by atoms with van der Waals surface area (Å²) in [5.41, 5.74) is 0.264. The SMILES string of the molecule is C=C(C)[C@@](C)(CO)[C@H](O)C(C)C. The van der Waals surface area contributed by atoms with Crippen LogP contribution in [0.25, 0.3) is 0 Å². The van der Waals surface area contributed by atoms with Crippen LogP contribution in [-0.2, 0) is 0 Å². The van der Waals surface area contributed by atoms with Gasteiger partial charge >= 0.3 is 0 Å². The summed E-state index contributed by atoms with van der Waals surface area (Å²) < 4.78 is 0. The molecule has 0 aromatic carbocycles. The molecule has 0 spiro atoms. The first kappa shape index (κ1) is 11.7. The molecule has 0 fully saturated rings. The lowest BCUT2D eigenvalue weighted by Gasteiger charge is -2.35. The molecule has 2 nitrogen and oxygen atoms in total. The van der Waals surface area contributed by atoms with Crippen molar-refractivity contribution < 1.29 is 10.2 Å². The summed E-state index contributed by atoms with van der Waals surface area (Å²) in [6, 6.07) is 0. The highest BCUT2D eigenvalue weighted by molar-refractivity contribution is 5.09. The predicted octanol–water partition coefficient (Wildman–Crippen LogP) is 1.58. The van der Waals surface area contributed by atoms with E-state index in [0.29, 0.717) is 0 Å². The lowest BCUT2D eigenvalue weighted by molar-refractivity contribution is -0.00887. The third-order valence-electron chi connectivity index (χ3n) is 2.59. The maximum absolute atomic E-state index is 9.80. The van der Waals surface area contributed by atoms with Crippen LogP contribution in [0.1, 0.15) is 27.7 Å². The van der Waals surface area contributed by atoms with Gasteiger partial charge < -0.3 is 10.2 Å². The zero-order chi connectivity index (χ0) is 9.94. The number of hydrogen-bond donors (Lipinski definition) is 2. The molecule has 0 heterocycles. The van der Waals surface area contributed by atoms with Gasteiger partial charge in [0, 0.05) is 5.41 Å². The van der Waals surface area contributed by atoms with Crippen molar-refractivity contribution in [1.29, 1.82) is 0 Å². The number of aliphatic hydroxyl groups excluding tert-OH is 2. The van der Waals surface area contributed by atoms with Crippen LogP contribution in [0.4, 0.5) is 0 Å². The van der Waals surface area contributed by atoms with Crippen LogP contribution in [0.3, 0.4) is 0 Å². The molecule has 2 N–H and O–H groups in total. The normalized spacial score (nSPS) is 18.9. The Kier molecular flexibility index (Phi) is 3.94. The second-order valence-corrected chi connectivity index (χ2v) is 4.04. The van der Waals surface area contributed by atoms with Gasteiger partial charge in [-0.15, -0.1) is 0 Å². The summed E-state index contributed by atoms with van der Waals surface area (Å²) >= 11 is 0. The molecule has 0 aromatic rings. The quantitative estimate of drug-likeness (QED) is 0.632. The van der Waals surface area contributed by atoms with E-state index in [9.17, 15) is 5.11 Å². The number of rotatable bonds is 4. The molecule has 2 atom stereocenters. The third kappa shape index (κ3) is 2.08. The van der Waals surface area contributed by atoms with E-state index in [4.69, 9.17) is 5.11 Å². The highest BCUT2D eigenvalue weighted by atomic mass is 16.3. The highest BCUT2D eigenvalue weighted by Crippen LogP contribution is 2.32. The lowest BCUT2D eigenvalue weighted by Crippen LogP contribution is -2.40. The van der Waals surface area contributed by atoms with E-state index >= 15 is 0 Å². The Morgan fingerprint density at radius 3 is 2.00 bits per heavy atom. The van der Waals surface area contributed by atoms with Crippen molar-refractivity contribution in [2.75, 3.05) is 6.61 Å². The molecule has 2 heteroatoms. The van der Waals surface area contributed by atoms with Crippen LogP contribution < -0.4 is 0 Å². The van der Waals surface area contributed by atoms with Crippen LogP contribution in [0, 0.1) is 11.3 Å². The van der Waals surface area contributed by atoms with Crippen LogP contribution >= 0.6 is 0 Å². The lowest BCUT2D eigenvalue weighted by atomic mass is 9.75. The second kappa shape index (κ2) is 4.06. The van der Waals surface area contributed by atoms with E-state index < -0.39 is 11.5 Å². The Bertz CT molecular complexity index is 163. The molecular formula is C10H20O2. The Balaban J connectivity index is 4.63. The molecule has 0 aliphatic rings. The molecule has 0 amide bonds. The summed E-state index contributed by atoms with van der Waals surface area (Å²) in [7, 11) is 0. The maximum atomic E-state index is 9.80. The first-order valence-corrected chi connectivity index (χ1v) is 4.31. The molecule has 0 radical (unpaired) electrons. The van der Waals surface area contributed by atoms with Gasteiger partial charge in [0.2, 0.25) is 0 Å². The minimum absolute atomic E-state index is 0.0539. The van der Waals surface area contributed by atoms with Crippen molar-refractivity contribution in [1.82, 2.24) is 0 Å². The molecule has 72 valence electrons. The van der Waals surface area contributed by atoms with Crippen LogP contribution in [-0.4, -0.2) is 22.9 Å². The van der Waals surface area contributed by atoms with Gasteiger partial charge in [0.25, 0.3) is 0 Å².